The molecule has 0 saturated carbocycles. The van der Waals surface area contributed by atoms with E-state index >= 15 is 0 Å². The number of amides is 1. The van der Waals surface area contributed by atoms with Gasteiger partial charge in [-0.05, 0) is 42.6 Å². The number of Topliss-reactive ketones (excluding diaryl/α,β-unsaturated/α-hetero) is 1. The molecule has 3 aromatic carbocycles. The van der Waals surface area contributed by atoms with Crippen molar-refractivity contribution in [2.24, 2.45) is 0 Å². The van der Waals surface area contributed by atoms with Gasteiger partial charge in [-0.1, -0.05) is 48.5 Å². The summed E-state index contributed by atoms with van der Waals surface area (Å²) in [6.07, 6.45) is 1.57. The summed E-state index contributed by atoms with van der Waals surface area (Å²) >= 11 is 0. The van der Waals surface area contributed by atoms with Crippen molar-refractivity contribution >= 4 is 28.2 Å². The van der Waals surface area contributed by atoms with Gasteiger partial charge in [0.1, 0.15) is 0 Å². The first kappa shape index (κ1) is 17.6. The molecule has 28 heavy (non-hydrogen) atoms. The maximum absolute atomic E-state index is 12.7. The van der Waals surface area contributed by atoms with E-state index in [1.807, 2.05) is 60.7 Å². The Hall–Kier alpha value is -3.79. The molecular weight excluding hydrogens is 348 g/mol. The molecule has 1 heterocycles. The van der Waals surface area contributed by atoms with Crippen LogP contribution in [-0.2, 0) is 0 Å². The SMILES string of the molecule is CC(=O)c1ccc(-c2ccc(C(=O)Nc3cccc4ccccc34)cc2)nc1. The average Bonchev–Trinajstić information content (AvgIpc) is 2.74. The molecule has 4 rings (SSSR count). The Labute approximate surface area is 162 Å². The summed E-state index contributed by atoms with van der Waals surface area (Å²) in [5, 5.41) is 5.07. The second-order valence-electron chi connectivity index (χ2n) is 6.55. The lowest BCUT2D eigenvalue weighted by Gasteiger charge is -2.09. The van der Waals surface area contributed by atoms with Crippen LogP contribution in [0.1, 0.15) is 27.6 Å². The average molecular weight is 366 g/mol. The van der Waals surface area contributed by atoms with Gasteiger partial charge < -0.3 is 5.32 Å². The minimum atomic E-state index is -0.164. The summed E-state index contributed by atoms with van der Waals surface area (Å²) in [6, 6.07) is 24.6. The van der Waals surface area contributed by atoms with Crippen molar-refractivity contribution in [2.45, 2.75) is 6.92 Å². The number of carbonyl (C=O) groups is 2. The first-order chi connectivity index (χ1) is 13.6. The monoisotopic (exact) mass is 366 g/mol. The predicted octanol–water partition coefficient (Wildman–Crippen LogP) is 5.36. The molecule has 0 radical (unpaired) electrons. The highest BCUT2D eigenvalue weighted by Crippen LogP contribution is 2.24. The van der Waals surface area contributed by atoms with Crippen LogP contribution in [0.2, 0.25) is 0 Å². The Balaban J connectivity index is 1.55. The molecule has 1 N–H and O–H groups in total. The van der Waals surface area contributed by atoms with E-state index in [0.717, 1.165) is 27.7 Å². The Kier molecular flexibility index (Phi) is 4.68. The molecule has 4 nitrogen and oxygen atoms in total. The first-order valence-electron chi connectivity index (χ1n) is 8.98. The lowest BCUT2D eigenvalue weighted by atomic mass is 10.1. The number of pyridine rings is 1. The van der Waals surface area contributed by atoms with Crippen molar-refractivity contribution in [2.75, 3.05) is 5.32 Å². The van der Waals surface area contributed by atoms with E-state index in [9.17, 15) is 9.59 Å². The van der Waals surface area contributed by atoms with E-state index < -0.39 is 0 Å². The molecule has 0 spiro atoms. The third-order valence-corrected chi connectivity index (χ3v) is 4.65. The molecular formula is C24H18N2O2. The highest BCUT2D eigenvalue weighted by molar-refractivity contribution is 6.09. The van der Waals surface area contributed by atoms with Crippen LogP contribution in [0.25, 0.3) is 22.0 Å². The highest BCUT2D eigenvalue weighted by Gasteiger charge is 2.09. The number of nitrogens with one attached hydrogen (secondary N) is 1. The molecule has 0 aliphatic carbocycles. The molecule has 1 amide bonds. The molecule has 0 aliphatic heterocycles. The van der Waals surface area contributed by atoms with Gasteiger partial charge in [0.25, 0.3) is 5.91 Å². The second kappa shape index (κ2) is 7.45. The van der Waals surface area contributed by atoms with Crippen molar-refractivity contribution < 1.29 is 9.59 Å². The number of ketones is 1. The van der Waals surface area contributed by atoms with Crippen LogP contribution >= 0.6 is 0 Å². The van der Waals surface area contributed by atoms with Crippen molar-refractivity contribution in [3.05, 3.63) is 96.2 Å². The van der Waals surface area contributed by atoms with Gasteiger partial charge in [0.15, 0.2) is 5.78 Å². The Morgan fingerprint density at radius 3 is 2.21 bits per heavy atom. The summed E-state index contributed by atoms with van der Waals surface area (Å²) in [6.45, 7) is 1.51. The van der Waals surface area contributed by atoms with Crippen LogP contribution in [0.3, 0.4) is 0 Å². The zero-order chi connectivity index (χ0) is 19.5. The lowest BCUT2D eigenvalue weighted by Crippen LogP contribution is -2.12. The topological polar surface area (TPSA) is 59.1 Å². The third kappa shape index (κ3) is 3.53. The lowest BCUT2D eigenvalue weighted by molar-refractivity contribution is 0.101. The summed E-state index contributed by atoms with van der Waals surface area (Å²) in [7, 11) is 0. The van der Waals surface area contributed by atoms with Gasteiger partial charge in [0.05, 0.1) is 5.69 Å². The van der Waals surface area contributed by atoms with E-state index in [4.69, 9.17) is 0 Å². The van der Waals surface area contributed by atoms with Crippen molar-refractivity contribution in [3.63, 3.8) is 0 Å². The molecule has 1 aromatic heterocycles. The molecule has 0 saturated heterocycles. The fourth-order valence-corrected chi connectivity index (χ4v) is 3.09. The Bertz CT molecular complexity index is 1160. The van der Waals surface area contributed by atoms with Gasteiger partial charge in [0, 0.05) is 34.0 Å². The quantitative estimate of drug-likeness (QED) is 0.495. The minimum absolute atomic E-state index is 0.0143. The summed E-state index contributed by atoms with van der Waals surface area (Å²) < 4.78 is 0. The molecule has 4 heteroatoms. The normalized spacial score (nSPS) is 10.6. The fourth-order valence-electron chi connectivity index (χ4n) is 3.09. The maximum Gasteiger partial charge on any atom is 0.255 e. The second-order valence-corrected chi connectivity index (χ2v) is 6.55. The molecule has 4 aromatic rings. The number of aromatic nitrogens is 1. The van der Waals surface area contributed by atoms with E-state index in [1.54, 1.807) is 24.4 Å². The van der Waals surface area contributed by atoms with E-state index in [2.05, 4.69) is 10.3 Å². The van der Waals surface area contributed by atoms with Crippen LogP contribution in [0.4, 0.5) is 5.69 Å². The smallest absolute Gasteiger partial charge is 0.255 e. The van der Waals surface area contributed by atoms with Crippen LogP contribution in [0.15, 0.2) is 85.1 Å². The molecule has 0 atom stereocenters. The molecule has 0 bridgehead atoms. The number of anilines is 1. The summed E-state index contributed by atoms with van der Waals surface area (Å²) in [4.78, 5) is 28.3. The number of nitrogens with zero attached hydrogens (tertiary/aromatic N) is 1. The van der Waals surface area contributed by atoms with Gasteiger partial charge in [-0.25, -0.2) is 0 Å². The molecule has 136 valence electrons. The first-order valence-corrected chi connectivity index (χ1v) is 8.98. The molecule has 0 aliphatic rings. The summed E-state index contributed by atoms with van der Waals surface area (Å²) in [5.41, 5.74) is 3.57. The number of benzene rings is 3. The van der Waals surface area contributed by atoms with Crippen LogP contribution < -0.4 is 5.32 Å². The Morgan fingerprint density at radius 2 is 1.50 bits per heavy atom. The van der Waals surface area contributed by atoms with Crippen molar-refractivity contribution in [1.29, 1.82) is 0 Å². The standard InChI is InChI=1S/C24H18N2O2/c1-16(27)20-13-14-22(25-15-20)18-9-11-19(12-10-18)24(28)26-23-8-4-6-17-5-2-3-7-21(17)23/h2-15H,1H3,(H,26,28). The van der Waals surface area contributed by atoms with Crippen LogP contribution in [0.5, 0.6) is 0 Å². The molecule has 0 unspecified atom stereocenters. The van der Waals surface area contributed by atoms with Gasteiger partial charge in [-0.3, -0.25) is 14.6 Å². The van der Waals surface area contributed by atoms with E-state index in [-0.39, 0.29) is 11.7 Å². The minimum Gasteiger partial charge on any atom is -0.321 e. The van der Waals surface area contributed by atoms with E-state index in [0.29, 0.717) is 11.1 Å². The zero-order valence-corrected chi connectivity index (χ0v) is 15.3. The van der Waals surface area contributed by atoms with Gasteiger partial charge >= 0.3 is 0 Å². The predicted molar refractivity (Wildman–Crippen MR) is 112 cm³/mol. The fraction of sp³-hybridized carbons (Fsp3) is 0.0417. The number of carbonyl (C=O) groups excluding carboxylic acids is 2. The number of hydrogen-bond acceptors (Lipinski definition) is 3. The number of hydrogen-bond donors (Lipinski definition) is 1. The van der Waals surface area contributed by atoms with Crippen LogP contribution in [-0.4, -0.2) is 16.7 Å². The zero-order valence-electron chi connectivity index (χ0n) is 15.3. The number of rotatable bonds is 4. The van der Waals surface area contributed by atoms with E-state index in [1.165, 1.54) is 6.92 Å². The summed E-state index contributed by atoms with van der Waals surface area (Å²) in [5.74, 6) is -0.178. The maximum atomic E-state index is 12.7. The largest absolute Gasteiger partial charge is 0.321 e. The Morgan fingerprint density at radius 1 is 0.786 bits per heavy atom. The molecule has 0 fully saturated rings. The number of fused-ring (bicyclic) bond motifs is 1. The van der Waals surface area contributed by atoms with Crippen molar-refractivity contribution in [3.8, 4) is 11.3 Å². The van der Waals surface area contributed by atoms with Crippen LogP contribution in [0, 0.1) is 0 Å². The third-order valence-electron chi connectivity index (χ3n) is 4.65. The van der Waals surface area contributed by atoms with Crippen molar-refractivity contribution in [1.82, 2.24) is 4.98 Å². The van der Waals surface area contributed by atoms with Gasteiger partial charge in [0.2, 0.25) is 0 Å². The van der Waals surface area contributed by atoms with Gasteiger partial charge in [-0.15, -0.1) is 0 Å². The van der Waals surface area contributed by atoms with Gasteiger partial charge in [-0.2, -0.15) is 0 Å². The highest BCUT2D eigenvalue weighted by atomic mass is 16.1.